The molecule has 0 amide bonds. The maximum Gasteiger partial charge on any atom is 0.441 e. The maximum absolute atomic E-state index is 11.9. The molecule has 8 heteroatoms. The molecule has 98 valence electrons. The van der Waals surface area contributed by atoms with Crippen molar-refractivity contribution in [2.24, 2.45) is 0 Å². The Bertz CT molecular complexity index is 326. The summed E-state index contributed by atoms with van der Waals surface area (Å²) in [7, 11) is 0. The first-order chi connectivity index (χ1) is 8.03. The van der Waals surface area contributed by atoms with Gasteiger partial charge >= 0.3 is 5.51 Å². The molecule has 0 unspecified atom stereocenters. The third kappa shape index (κ3) is 5.92. The molecule has 1 aromatic heterocycles. The molecule has 0 aliphatic carbocycles. The third-order valence-corrected chi connectivity index (χ3v) is 2.69. The van der Waals surface area contributed by atoms with Crippen molar-refractivity contribution < 1.29 is 13.2 Å². The zero-order valence-corrected chi connectivity index (χ0v) is 10.3. The van der Waals surface area contributed by atoms with Crippen LogP contribution in [0.5, 0.6) is 0 Å². The highest BCUT2D eigenvalue weighted by molar-refractivity contribution is 8.00. The molecule has 0 saturated heterocycles. The Kier molecular flexibility index (Phi) is 5.76. The second-order valence-electron chi connectivity index (χ2n) is 3.37. The van der Waals surface area contributed by atoms with Gasteiger partial charge in [-0.05, 0) is 24.7 Å². The molecule has 0 fully saturated rings. The topological polar surface area (TPSA) is 42.7 Å². The highest BCUT2D eigenvalue weighted by Crippen LogP contribution is 2.29. The predicted octanol–water partition coefficient (Wildman–Crippen LogP) is 2.03. The predicted molar refractivity (Wildman–Crippen MR) is 60.5 cm³/mol. The zero-order chi connectivity index (χ0) is 12.7. The van der Waals surface area contributed by atoms with Crippen LogP contribution in [0.1, 0.15) is 19.2 Å². The van der Waals surface area contributed by atoms with Crippen LogP contribution in [0.15, 0.2) is 6.33 Å². The van der Waals surface area contributed by atoms with Crippen molar-refractivity contribution in [2.45, 2.75) is 31.9 Å². The van der Waals surface area contributed by atoms with Gasteiger partial charge in [0.25, 0.3) is 0 Å². The lowest BCUT2D eigenvalue weighted by Gasteiger charge is -2.08. The van der Waals surface area contributed by atoms with Gasteiger partial charge in [0.05, 0.1) is 13.1 Å². The lowest BCUT2D eigenvalue weighted by Crippen LogP contribution is -2.19. The first kappa shape index (κ1) is 14.3. The Labute approximate surface area is 102 Å². The number of nitrogens with zero attached hydrogens (tertiary/aromatic N) is 3. The van der Waals surface area contributed by atoms with Crippen molar-refractivity contribution in [3.05, 3.63) is 12.2 Å². The Hall–Kier alpha value is -0.760. The number of nitrogens with one attached hydrogen (secondary N) is 1. The van der Waals surface area contributed by atoms with Crippen molar-refractivity contribution in [1.29, 1.82) is 0 Å². The molecule has 17 heavy (non-hydrogen) atoms. The average Bonchev–Trinajstić information content (AvgIpc) is 2.64. The maximum atomic E-state index is 11.9. The molecule has 0 bridgehead atoms. The normalized spacial score (nSPS) is 12.0. The quantitative estimate of drug-likeness (QED) is 0.768. The van der Waals surface area contributed by atoms with Gasteiger partial charge in [-0.15, -0.1) is 0 Å². The molecule has 0 spiro atoms. The lowest BCUT2D eigenvalue weighted by molar-refractivity contribution is -0.0328. The van der Waals surface area contributed by atoms with Gasteiger partial charge in [0, 0.05) is 5.75 Å². The van der Waals surface area contributed by atoms with Crippen LogP contribution in [0.4, 0.5) is 13.2 Å². The van der Waals surface area contributed by atoms with E-state index in [1.54, 1.807) is 0 Å². The SMILES string of the molecule is CCCNCc1ncnn1CCSC(F)(F)F. The number of hydrogen-bond acceptors (Lipinski definition) is 4. The minimum atomic E-state index is -4.18. The van der Waals surface area contributed by atoms with Gasteiger partial charge in [-0.3, -0.25) is 0 Å². The van der Waals surface area contributed by atoms with Gasteiger partial charge in [0.1, 0.15) is 12.2 Å². The van der Waals surface area contributed by atoms with Crippen molar-refractivity contribution in [3.8, 4) is 0 Å². The van der Waals surface area contributed by atoms with Crippen molar-refractivity contribution in [1.82, 2.24) is 20.1 Å². The molecular formula is C9H15F3N4S. The highest BCUT2D eigenvalue weighted by atomic mass is 32.2. The lowest BCUT2D eigenvalue weighted by atomic mass is 10.4. The summed E-state index contributed by atoms with van der Waals surface area (Å²) in [6.45, 7) is 3.64. The van der Waals surface area contributed by atoms with E-state index < -0.39 is 5.51 Å². The molecular weight excluding hydrogens is 253 g/mol. The number of aromatic nitrogens is 3. The van der Waals surface area contributed by atoms with Crippen LogP contribution in [0, 0.1) is 0 Å². The molecule has 1 aromatic rings. The van der Waals surface area contributed by atoms with E-state index in [9.17, 15) is 13.2 Å². The van der Waals surface area contributed by atoms with Gasteiger partial charge in [-0.1, -0.05) is 6.92 Å². The Morgan fingerprint density at radius 1 is 1.47 bits per heavy atom. The second kappa shape index (κ2) is 6.85. The standard InChI is InChI=1S/C9H15F3N4S/c1-2-3-13-6-8-14-7-15-16(8)4-5-17-9(10,11)12/h7,13H,2-6H2,1H3. The van der Waals surface area contributed by atoms with Gasteiger partial charge in [0.15, 0.2) is 0 Å². The van der Waals surface area contributed by atoms with E-state index in [2.05, 4.69) is 15.4 Å². The van der Waals surface area contributed by atoms with Gasteiger partial charge in [-0.2, -0.15) is 18.3 Å². The molecule has 0 aromatic carbocycles. The molecule has 4 nitrogen and oxygen atoms in total. The summed E-state index contributed by atoms with van der Waals surface area (Å²) in [6.07, 6.45) is 2.36. The monoisotopic (exact) mass is 268 g/mol. The van der Waals surface area contributed by atoms with Gasteiger partial charge < -0.3 is 5.32 Å². The van der Waals surface area contributed by atoms with Crippen LogP contribution in [-0.4, -0.2) is 32.6 Å². The van der Waals surface area contributed by atoms with E-state index in [0.717, 1.165) is 13.0 Å². The Morgan fingerprint density at radius 3 is 2.88 bits per heavy atom. The summed E-state index contributed by atoms with van der Waals surface area (Å²) in [5, 5.41) is 7.03. The fourth-order valence-corrected chi connectivity index (χ4v) is 1.73. The first-order valence-electron chi connectivity index (χ1n) is 5.31. The number of rotatable bonds is 7. The average molecular weight is 268 g/mol. The van der Waals surface area contributed by atoms with Crippen LogP contribution < -0.4 is 5.32 Å². The van der Waals surface area contributed by atoms with E-state index in [1.165, 1.54) is 11.0 Å². The summed E-state index contributed by atoms with van der Waals surface area (Å²) < 4.78 is 37.3. The number of halogens is 3. The number of hydrogen-bond donors (Lipinski definition) is 1. The summed E-state index contributed by atoms with van der Waals surface area (Å²) in [4.78, 5) is 4.00. The minimum Gasteiger partial charge on any atom is -0.310 e. The zero-order valence-electron chi connectivity index (χ0n) is 9.50. The number of alkyl halides is 3. The van der Waals surface area contributed by atoms with Crippen LogP contribution in [0.3, 0.4) is 0 Å². The smallest absolute Gasteiger partial charge is 0.310 e. The second-order valence-corrected chi connectivity index (χ2v) is 4.53. The molecule has 1 N–H and O–H groups in total. The molecule has 1 rings (SSSR count). The molecule has 0 aliphatic rings. The Balaban J connectivity index is 2.35. The van der Waals surface area contributed by atoms with Crippen LogP contribution in [-0.2, 0) is 13.1 Å². The fourth-order valence-electron chi connectivity index (χ4n) is 1.24. The fraction of sp³-hybridized carbons (Fsp3) is 0.778. The molecule has 1 heterocycles. The van der Waals surface area contributed by atoms with E-state index in [4.69, 9.17) is 0 Å². The van der Waals surface area contributed by atoms with Crippen molar-refractivity contribution >= 4 is 11.8 Å². The van der Waals surface area contributed by atoms with E-state index in [0.29, 0.717) is 12.4 Å². The Morgan fingerprint density at radius 2 is 2.24 bits per heavy atom. The third-order valence-electron chi connectivity index (χ3n) is 1.97. The number of aryl methyl sites for hydroxylation is 1. The summed E-state index contributed by atoms with van der Waals surface area (Å²) in [5.41, 5.74) is -4.18. The molecule has 0 saturated carbocycles. The molecule has 0 radical (unpaired) electrons. The van der Waals surface area contributed by atoms with E-state index in [1.807, 2.05) is 6.92 Å². The van der Waals surface area contributed by atoms with Crippen LogP contribution in [0.2, 0.25) is 0 Å². The largest absolute Gasteiger partial charge is 0.441 e. The van der Waals surface area contributed by atoms with Crippen molar-refractivity contribution in [2.75, 3.05) is 12.3 Å². The van der Waals surface area contributed by atoms with Gasteiger partial charge in [0.2, 0.25) is 0 Å². The van der Waals surface area contributed by atoms with Crippen molar-refractivity contribution in [3.63, 3.8) is 0 Å². The van der Waals surface area contributed by atoms with Crippen LogP contribution in [0.25, 0.3) is 0 Å². The summed E-state index contributed by atoms with van der Waals surface area (Å²) in [6, 6.07) is 0. The molecule has 0 aliphatic heterocycles. The summed E-state index contributed by atoms with van der Waals surface area (Å²) in [5.74, 6) is 0.620. The highest BCUT2D eigenvalue weighted by Gasteiger charge is 2.27. The first-order valence-corrected chi connectivity index (χ1v) is 6.29. The van der Waals surface area contributed by atoms with E-state index >= 15 is 0 Å². The minimum absolute atomic E-state index is 0.0402. The number of thioether (sulfide) groups is 1. The summed E-state index contributed by atoms with van der Waals surface area (Å²) >= 11 is -0.0402. The molecule has 0 atom stereocenters. The van der Waals surface area contributed by atoms with Crippen LogP contribution >= 0.6 is 11.8 Å². The van der Waals surface area contributed by atoms with Gasteiger partial charge in [-0.25, -0.2) is 9.67 Å². The van der Waals surface area contributed by atoms with E-state index in [-0.39, 0.29) is 24.1 Å².